The van der Waals surface area contributed by atoms with Crippen molar-refractivity contribution < 1.29 is 23.4 Å². The molecule has 1 aromatic rings. The van der Waals surface area contributed by atoms with Crippen LogP contribution in [0.3, 0.4) is 0 Å². The van der Waals surface area contributed by atoms with Gasteiger partial charge in [0.25, 0.3) is 5.91 Å². The standard InChI is InChI=1S/C12H17N3O5S/c1-21(19,20)14-7-12(18)8-15(6-10(12)16)11(17)9-4-2-3-5-13-9/h2-5,10,14,16,18H,6-8H2,1H3/t10-,12+/m1/s1. The number of pyridine rings is 1. The molecule has 21 heavy (non-hydrogen) atoms. The summed E-state index contributed by atoms with van der Waals surface area (Å²) in [7, 11) is -3.50. The Balaban J connectivity index is 2.08. The molecule has 116 valence electrons. The van der Waals surface area contributed by atoms with E-state index < -0.39 is 27.6 Å². The largest absolute Gasteiger partial charge is 0.388 e. The van der Waals surface area contributed by atoms with Gasteiger partial charge in [-0.15, -0.1) is 0 Å². The van der Waals surface area contributed by atoms with E-state index in [0.717, 1.165) is 6.26 Å². The van der Waals surface area contributed by atoms with E-state index >= 15 is 0 Å². The molecule has 1 fully saturated rings. The van der Waals surface area contributed by atoms with Crippen LogP contribution >= 0.6 is 0 Å². The van der Waals surface area contributed by atoms with Crippen molar-refractivity contribution in [1.29, 1.82) is 0 Å². The molecule has 1 saturated heterocycles. The number of hydrogen-bond acceptors (Lipinski definition) is 6. The molecule has 9 heteroatoms. The molecule has 2 rings (SSSR count). The molecule has 0 radical (unpaired) electrons. The van der Waals surface area contributed by atoms with Gasteiger partial charge in [-0.1, -0.05) is 6.07 Å². The second-order valence-electron chi connectivity index (χ2n) is 5.11. The SMILES string of the molecule is CS(=O)(=O)NC[C@]1(O)CN(C(=O)c2ccccn2)C[C@H]1O. The number of sulfonamides is 1. The van der Waals surface area contributed by atoms with Crippen molar-refractivity contribution in [1.82, 2.24) is 14.6 Å². The fraction of sp³-hybridized carbons (Fsp3) is 0.500. The molecule has 1 amide bonds. The van der Waals surface area contributed by atoms with E-state index in [2.05, 4.69) is 9.71 Å². The highest BCUT2D eigenvalue weighted by Gasteiger charge is 2.46. The summed E-state index contributed by atoms with van der Waals surface area (Å²) in [5.74, 6) is -0.426. The van der Waals surface area contributed by atoms with Gasteiger partial charge in [-0.3, -0.25) is 9.78 Å². The van der Waals surface area contributed by atoms with E-state index in [1.165, 1.54) is 17.2 Å². The Morgan fingerprint density at radius 1 is 1.57 bits per heavy atom. The number of amides is 1. The molecule has 0 saturated carbocycles. The molecule has 1 aliphatic heterocycles. The molecule has 1 aliphatic rings. The molecule has 0 spiro atoms. The van der Waals surface area contributed by atoms with Crippen molar-refractivity contribution in [2.45, 2.75) is 11.7 Å². The average Bonchev–Trinajstić information content (AvgIpc) is 2.73. The highest BCUT2D eigenvalue weighted by atomic mass is 32.2. The van der Waals surface area contributed by atoms with Gasteiger partial charge in [0.05, 0.1) is 19.3 Å². The van der Waals surface area contributed by atoms with Crippen molar-refractivity contribution >= 4 is 15.9 Å². The van der Waals surface area contributed by atoms with Gasteiger partial charge < -0.3 is 15.1 Å². The third-order valence-corrected chi connectivity index (χ3v) is 3.96. The van der Waals surface area contributed by atoms with Gasteiger partial charge in [-0.05, 0) is 12.1 Å². The molecule has 3 N–H and O–H groups in total. The van der Waals surface area contributed by atoms with E-state index in [4.69, 9.17) is 0 Å². The maximum atomic E-state index is 12.2. The maximum Gasteiger partial charge on any atom is 0.272 e. The normalized spacial score (nSPS) is 26.0. The van der Waals surface area contributed by atoms with E-state index in [1.807, 2.05) is 0 Å². The van der Waals surface area contributed by atoms with Gasteiger partial charge in [-0.25, -0.2) is 13.1 Å². The number of nitrogens with zero attached hydrogens (tertiary/aromatic N) is 2. The molecule has 0 aromatic carbocycles. The zero-order valence-electron chi connectivity index (χ0n) is 11.4. The second-order valence-corrected chi connectivity index (χ2v) is 6.95. The second kappa shape index (κ2) is 5.68. The minimum atomic E-state index is -3.50. The lowest BCUT2D eigenvalue weighted by atomic mass is 10.0. The van der Waals surface area contributed by atoms with Crippen LogP contribution < -0.4 is 4.72 Å². The summed E-state index contributed by atoms with van der Waals surface area (Å²) in [5.41, 5.74) is -1.52. The Labute approximate surface area is 122 Å². The first kappa shape index (κ1) is 15.8. The molecule has 2 atom stereocenters. The summed E-state index contributed by atoms with van der Waals surface area (Å²) >= 11 is 0. The molecule has 0 unspecified atom stereocenters. The van der Waals surface area contributed by atoms with Gasteiger partial charge in [0.15, 0.2) is 0 Å². The van der Waals surface area contributed by atoms with E-state index in [1.54, 1.807) is 12.1 Å². The molecule has 0 bridgehead atoms. The third-order valence-electron chi connectivity index (χ3n) is 3.29. The van der Waals surface area contributed by atoms with Crippen LogP contribution in [-0.2, 0) is 10.0 Å². The number of nitrogens with one attached hydrogen (secondary N) is 1. The number of aromatic nitrogens is 1. The summed E-state index contributed by atoms with van der Waals surface area (Å²) in [6.45, 7) is -0.623. The average molecular weight is 315 g/mol. The molecular weight excluding hydrogens is 298 g/mol. The number of carbonyl (C=O) groups excluding carboxylic acids is 1. The number of likely N-dealkylation sites (tertiary alicyclic amines) is 1. The third kappa shape index (κ3) is 3.76. The number of β-amino-alcohol motifs (C(OH)–C–C–N with tert-alkyl or cyclic N) is 2. The lowest BCUT2D eigenvalue weighted by Crippen LogP contribution is -2.51. The van der Waals surface area contributed by atoms with Crippen molar-refractivity contribution in [2.75, 3.05) is 25.9 Å². The van der Waals surface area contributed by atoms with E-state index in [9.17, 15) is 23.4 Å². The Kier molecular flexibility index (Phi) is 4.28. The van der Waals surface area contributed by atoms with E-state index in [-0.39, 0.29) is 25.3 Å². The van der Waals surface area contributed by atoms with Crippen LogP contribution in [0.4, 0.5) is 0 Å². The van der Waals surface area contributed by atoms with Crippen LogP contribution in [0.15, 0.2) is 24.4 Å². The predicted molar refractivity (Wildman–Crippen MR) is 73.9 cm³/mol. The first-order valence-electron chi connectivity index (χ1n) is 6.27. The van der Waals surface area contributed by atoms with Crippen molar-refractivity contribution in [3.05, 3.63) is 30.1 Å². The van der Waals surface area contributed by atoms with Crippen LogP contribution in [0.2, 0.25) is 0 Å². The minimum absolute atomic E-state index is 0.0860. The minimum Gasteiger partial charge on any atom is -0.388 e. The first-order valence-corrected chi connectivity index (χ1v) is 8.16. The zero-order chi connectivity index (χ0) is 15.7. The van der Waals surface area contributed by atoms with Gasteiger partial charge in [0.1, 0.15) is 17.4 Å². The Morgan fingerprint density at radius 3 is 2.86 bits per heavy atom. The van der Waals surface area contributed by atoms with Crippen LogP contribution in [-0.4, -0.2) is 72.0 Å². The van der Waals surface area contributed by atoms with Crippen molar-refractivity contribution in [2.24, 2.45) is 0 Å². The Morgan fingerprint density at radius 2 is 2.29 bits per heavy atom. The van der Waals surface area contributed by atoms with Crippen LogP contribution in [0.1, 0.15) is 10.5 Å². The van der Waals surface area contributed by atoms with Crippen molar-refractivity contribution in [3.63, 3.8) is 0 Å². The van der Waals surface area contributed by atoms with Gasteiger partial charge in [0, 0.05) is 12.7 Å². The summed E-state index contributed by atoms with van der Waals surface area (Å²) < 4.78 is 24.3. The zero-order valence-corrected chi connectivity index (χ0v) is 12.2. The summed E-state index contributed by atoms with van der Waals surface area (Å²) in [6.07, 6.45) is 1.19. The molecular formula is C12H17N3O5S. The van der Waals surface area contributed by atoms with Gasteiger partial charge in [0.2, 0.25) is 10.0 Å². The van der Waals surface area contributed by atoms with Gasteiger partial charge >= 0.3 is 0 Å². The number of aliphatic hydroxyl groups excluding tert-OH is 1. The molecule has 8 nitrogen and oxygen atoms in total. The summed E-state index contributed by atoms with van der Waals surface area (Å²) in [6, 6.07) is 4.85. The van der Waals surface area contributed by atoms with Gasteiger partial charge in [-0.2, -0.15) is 0 Å². The first-order chi connectivity index (χ1) is 9.71. The fourth-order valence-electron chi connectivity index (χ4n) is 2.11. The van der Waals surface area contributed by atoms with Crippen molar-refractivity contribution in [3.8, 4) is 0 Å². The lowest BCUT2D eigenvalue weighted by molar-refractivity contribution is -0.0352. The number of rotatable bonds is 4. The summed E-state index contributed by atoms with van der Waals surface area (Å²) in [5, 5.41) is 20.2. The monoisotopic (exact) mass is 315 g/mol. The molecule has 2 heterocycles. The Hall–Kier alpha value is -1.55. The Bertz CT molecular complexity index is 621. The topological polar surface area (TPSA) is 120 Å². The fourth-order valence-corrected chi connectivity index (χ4v) is 2.63. The summed E-state index contributed by atoms with van der Waals surface area (Å²) in [4.78, 5) is 17.3. The molecule has 0 aliphatic carbocycles. The van der Waals surface area contributed by atoms with Crippen LogP contribution in [0, 0.1) is 0 Å². The number of carbonyl (C=O) groups is 1. The quantitative estimate of drug-likeness (QED) is 0.602. The maximum absolute atomic E-state index is 12.2. The van der Waals surface area contributed by atoms with Crippen LogP contribution in [0.25, 0.3) is 0 Å². The van der Waals surface area contributed by atoms with E-state index in [0.29, 0.717) is 0 Å². The number of hydrogen-bond donors (Lipinski definition) is 3. The smallest absolute Gasteiger partial charge is 0.272 e. The highest BCUT2D eigenvalue weighted by molar-refractivity contribution is 7.88. The highest BCUT2D eigenvalue weighted by Crippen LogP contribution is 2.23. The predicted octanol–water partition coefficient (Wildman–Crippen LogP) is -1.82. The molecule has 1 aromatic heterocycles. The lowest BCUT2D eigenvalue weighted by Gasteiger charge is -2.25. The number of aliphatic hydroxyl groups is 2. The van der Waals surface area contributed by atoms with Crippen LogP contribution in [0.5, 0.6) is 0 Å².